The molecule has 0 amide bonds. The van der Waals surface area contributed by atoms with Crippen molar-refractivity contribution >= 4 is 29.2 Å². The summed E-state index contributed by atoms with van der Waals surface area (Å²) >= 11 is 11.8. The van der Waals surface area contributed by atoms with E-state index in [9.17, 15) is 9.90 Å². The minimum absolute atomic E-state index is 0.0442. The molecule has 0 saturated heterocycles. The van der Waals surface area contributed by atoms with Crippen LogP contribution in [0.1, 0.15) is 45.3 Å². The summed E-state index contributed by atoms with van der Waals surface area (Å²) in [6.45, 7) is 5.64. The molecule has 2 fully saturated rings. The standard InChI is InChI=1S/C17H21Cl2NO3/c1-17(2,3)23-16(22)9-4-10-11(5-9)14(10)15(21)8-6-12(18)20-13(19)7-8/h6-7,9-11,14-15,21H,4-5H2,1-3H3. The Balaban J connectivity index is 1.60. The first kappa shape index (κ1) is 17.0. The van der Waals surface area contributed by atoms with Crippen LogP contribution in [0.15, 0.2) is 12.1 Å². The van der Waals surface area contributed by atoms with Crippen LogP contribution in [0, 0.1) is 23.7 Å². The highest BCUT2D eigenvalue weighted by molar-refractivity contribution is 6.32. The highest BCUT2D eigenvalue weighted by atomic mass is 35.5. The zero-order valence-corrected chi connectivity index (χ0v) is 14.9. The van der Waals surface area contributed by atoms with Gasteiger partial charge < -0.3 is 9.84 Å². The first-order valence-corrected chi connectivity index (χ1v) is 8.65. The molecular formula is C17H21Cl2NO3. The number of aliphatic hydroxyl groups excluding tert-OH is 1. The maximum atomic E-state index is 12.1. The minimum atomic E-state index is -0.609. The van der Waals surface area contributed by atoms with E-state index in [1.807, 2.05) is 20.8 Å². The first-order chi connectivity index (χ1) is 10.7. The number of fused-ring (bicyclic) bond motifs is 1. The molecule has 0 bridgehead atoms. The highest BCUT2D eigenvalue weighted by Gasteiger charge is 2.60. The summed E-state index contributed by atoms with van der Waals surface area (Å²) in [6.07, 6.45) is 0.962. The molecule has 6 heteroatoms. The molecule has 3 rings (SSSR count). The van der Waals surface area contributed by atoms with Crippen LogP contribution >= 0.6 is 23.2 Å². The predicted octanol–water partition coefficient (Wildman–Crippen LogP) is 4.04. The summed E-state index contributed by atoms with van der Waals surface area (Å²) < 4.78 is 5.46. The van der Waals surface area contributed by atoms with Crippen LogP contribution in [0.25, 0.3) is 0 Å². The summed E-state index contributed by atoms with van der Waals surface area (Å²) in [5, 5.41) is 11.1. The summed E-state index contributed by atoms with van der Waals surface area (Å²) in [5.74, 6) is 0.745. The number of aromatic nitrogens is 1. The molecule has 0 aliphatic heterocycles. The van der Waals surface area contributed by atoms with Gasteiger partial charge >= 0.3 is 5.97 Å². The zero-order chi connectivity index (χ0) is 16.9. The van der Waals surface area contributed by atoms with Gasteiger partial charge in [0.15, 0.2) is 0 Å². The Bertz CT molecular complexity index is 597. The van der Waals surface area contributed by atoms with Gasteiger partial charge in [-0.05, 0) is 69.1 Å². The summed E-state index contributed by atoms with van der Waals surface area (Å²) in [7, 11) is 0. The van der Waals surface area contributed by atoms with Crippen LogP contribution in [0.2, 0.25) is 10.3 Å². The van der Waals surface area contributed by atoms with E-state index in [-0.39, 0.29) is 28.1 Å². The number of ether oxygens (including phenoxy) is 1. The molecule has 2 aliphatic carbocycles. The number of esters is 1. The van der Waals surface area contributed by atoms with Crippen LogP contribution in [0.4, 0.5) is 0 Å². The lowest BCUT2D eigenvalue weighted by atomic mass is 9.94. The van der Waals surface area contributed by atoms with Gasteiger partial charge in [-0.15, -0.1) is 0 Å². The molecule has 2 saturated carbocycles. The molecular weight excluding hydrogens is 337 g/mol. The van der Waals surface area contributed by atoms with Gasteiger partial charge in [-0.1, -0.05) is 23.2 Å². The van der Waals surface area contributed by atoms with E-state index in [2.05, 4.69) is 4.98 Å². The molecule has 2 aliphatic rings. The normalized spacial score (nSPS) is 30.7. The van der Waals surface area contributed by atoms with Crippen molar-refractivity contribution in [3.8, 4) is 0 Å². The molecule has 1 aromatic heterocycles. The summed E-state index contributed by atoms with van der Waals surface area (Å²) in [5.41, 5.74) is 0.246. The molecule has 4 nitrogen and oxygen atoms in total. The third kappa shape index (κ3) is 3.65. The summed E-state index contributed by atoms with van der Waals surface area (Å²) in [4.78, 5) is 16.0. The van der Waals surface area contributed by atoms with Crippen LogP contribution in [0.5, 0.6) is 0 Å². The second-order valence-corrected chi connectivity index (χ2v) is 8.37. The van der Waals surface area contributed by atoms with E-state index < -0.39 is 11.7 Å². The zero-order valence-electron chi connectivity index (χ0n) is 13.4. The third-order valence-electron chi connectivity index (χ3n) is 4.74. The van der Waals surface area contributed by atoms with Crippen molar-refractivity contribution in [3.05, 3.63) is 28.0 Å². The fourth-order valence-corrected chi connectivity index (χ4v) is 4.29. The Kier molecular flexibility index (Phi) is 4.36. The van der Waals surface area contributed by atoms with Crippen molar-refractivity contribution in [2.75, 3.05) is 0 Å². The van der Waals surface area contributed by atoms with Gasteiger partial charge in [0.2, 0.25) is 0 Å². The van der Waals surface area contributed by atoms with E-state index >= 15 is 0 Å². The number of carbonyl (C=O) groups excluding carboxylic acids is 1. The molecule has 1 heterocycles. The van der Waals surface area contributed by atoms with Crippen molar-refractivity contribution in [1.29, 1.82) is 0 Å². The van der Waals surface area contributed by atoms with Gasteiger partial charge in [0.1, 0.15) is 15.9 Å². The van der Waals surface area contributed by atoms with Crippen molar-refractivity contribution in [2.45, 2.75) is 45.3 Å². The van der Waals surface area contributed by atoms with Crippen LogP contribution in [-0.2, 0) is 9.53 Å². The number of hydrogen-bond donors (Lipinski definition) is 1. The average Bonchev–Trinajstić information content (AvgIpc) is 2.88. The third-order valence-corrected chi connectivity index (χ3v) is 5.13. The number of nitrogens with zero attached hydrogens (tertiary/aromatic N) is 1. The Morgan fingerprint density at radius 1 is 1.26 bits per heavy atom. The van der Waals surface area contributed by atoms with Crippen LogP contribution < -0.4 is 0 Å². The summed E-state index contributed by atoms with van der Waals surface area (Å²) in [6, 6.07) is 3.30. The quantitative estimate of drug-likeness (QED) is 0.655. The Hall–Kier alpha value is -0.840. The number of rotatable bonds is 3. The molecule has 3 atom stereocenters. The Morgan fingerprint density at radius 2 is 1.78 bits per heavy atom. The molecule has 0 radical (unpaired) electrons. The maximum absolute atomic E-state index is 12.1. The average molecular weight is 358 g/mol. The van der Waals surface area contributed by atoms with Crippen molar-refractivity contribution in [3.63, 3.8) is 0 Å². The Labute approximate surface area is 146 Å². The SMILES string of the molecule is CC(C)(C)OC(=O)C1CC2C(C1)C2C(O)c1cc(Cl)nc(Cl)c1. The molecule has 0 aromatic carbocycles. The number of carbonyl (C=O) groups is 1. The molecule has 1 aromatic rings. The minimum Gasteiger partial charge on any atom is -0.460 e. The highest BCUT2D eigenvalue weighted by Crippen LogP contribution is 2.64. The van der Waals surface area contributed by atoms with Crippen molar-refractivity contribution < 1.29 is 14.6 Å². The maximum Gasteiger partial charge on any atom is 0.309 e. The van der Waals surface area contributed by atoms with E-state index in [1.165, 1.54) is 0 Å². The van der Waals surface area contributed by atoms with Crippen molar-refractivity contribution in [2.24, 2.45) is 23.7 Å². The second-order valence-electron chi connectivity index (χ2n) is 7.60. The second kappa shape index (κ2) is 5.91. The van der Waals surface area contributed by atoms with Gasteiger partial charge in [0.05, 0.1) is 12.0 Å². The molecule has 1 N–H and O–H groups in total. The number of hydrogen-bond acceptors (Lipinski definition) is 4. The number of pyridine rings is 1. The van der Waals surface area contributed by atoms with Crippen molar-refractivity contribution in [1.82, 2.24) is 4.98 Å². The van der Waals surface area contributed by atoms with Gasteiger partial charge in [0, 0.05) is 0 Å². The molecule has 0 spiro atoms. The van der Waals surface area contributed by atoms with E-state index in [0.29, 0.717) is 17.4 Å². The topological polar surface area (TPSA) is 59.4 Å². The lowest BCUT2D eigenvalue weighted by Crippen LogP contribution is -2.28. The fraction of sp³-hybridized carbons (Fsp3) is 0.647. The van der Waals surface area contributed by atoms with Crippen LogP contribution in [0.3, 0.4) is 0 Å². The largest absolute Gasteiger partial charge is 0.460 e. The van der Waals surface area contributed by atoms with E-state index in [1.54, 1.807) is 12.1 Å². The molecule has 23 heavy (non-hydrogen) atoms. The smallest absolute Gasteiger partial charge is 0.309 e. The molecule has 3 unspecified atom stereocenters. The Morgan fingerprint density at radius 3 is 2.26 bits per heavy atom. The van der Waals surface area contributed by atoms with Crippen LogP contribution in [-0.4, -0.2) is 21.7 Å². The monoisotopic (exact) mass is 357 g/mol. The lowest BCUT2D eigenvalue weighted by molar-refractivity contribution is -0.160. The number of halogens is 2. The van der Waals surface area contributed by atoms with E-state index in [0.717, 1.165) is 12.8 Å². The molecule has 126 valence electrons. The van der Waals surface area contributed by atoms with E-state index in [4.69, 9.17) is 27.9 Å². The van der Waals surface area contributed by atoms with Gasteiger partial charge in [-0.3, -0.25) is 4.79 Å². The van der Waals surface area contributed by atoms with Gasteiger partial charge in [0.25, 0.3) is 0 Å². The van der Waals surface area contributed by atoms with Gasteiger partial charge in [-0.2, -0.15) is 0 Å². The lowest BCUT2D eigenvalue weighted by Gasteiger charge is -2.23. The fourth-order valence-electron chi connectivity index (χ4n) is 3.81. The van der Waals surface area contributed by atoms with Gasteiger partial charge in [-0.25, -0.2) is 4.98 Å². The first-order valence-electron chi connectivity index (χ1n) is 7.89. The predicted molar refractivity (Wildman–Crippen MR) is 88.3 cm³/mol. The number of aliphatic hydroxyl groups is 1.